The van der Waals surface area contributed by atoms with E-state index in [2.05, 4.69) is 10.4 Å². The number of nitrogens with one attached hydrogen (secondary N) is 2. The molecule has 0 fully saturated rings. The number of carbonyl (C=O) groups excluding carboxylic acids is 1. The van der Waals surface area contributed by atoms with Crippen molar-refractivity contribution in [2.45, 2.75) is 0 Å². The molecule has 0 radical (unpaired) electrons. The number of para-hydroxylation sites is 2. The van der Waals surface area contributed by atoms with E-state index < -0.39 is 11.7 Å². The molecule has 3 rings (SSSR count). The van der Waals surface area contributed by atoms with Crippen LogP contribution in [0.4, 0.5) is 4.39 Å². The number of fused-ring (bicyclic) bond motifs is 1. The van der Waals surface area contributed by atoms with Crippen LogP contribution in [0.2, 0.25) is 0 Å². The zero-order chi connectivity index (χ0) is 14.1. The van der Waals surface area contributed by atoms with Gasteiger partial charge in [0, 0.05) is 5.56 Å². The SMILES string of the molecule is O=C(Nn1c(=S)[nH]c2ccccc21)c1cccc(F)c1. The van der Waals surface area contributed by atoms with Crippen molar-refractivity contribution in [3.63, 3.8) is 0 Å². The van der Waals surface area contributed by atoms with Crippen molar-refractivity contribution in [3.8, 4) is 0 Å². The summed E-state index contributed by atoms with van der Waals surface area (Å²) in [4.78, 5) is 15.1. The van der Waals surface area contributed by atoms with Crippen molar-refractivity contribution in [2.24, 2.45) is 0 Å². The van der Waals surface area contributed by atoms with E-state index in [4.69, 9.17) is 12.2 Å². The van der Waals surface area contributed by atoms with Crippen molar-refractivity contribution >= 4 is 29.2 Å². The van der Waals surface area contributed by atoms with Gasteiger partial charge in [-0.3, -0.25) is 10.2 Å². The molecule has 2 aromatic carbocycles. The molecule has 0 unspecified atom stereocenters. The molecule has 3 aromatic rings. The number of rotatable bonds is 2. The van der Waals surface area contributed by atoms with Gasteiger partial charge in [0.2, 0.25) is 0 Å². The third kappa shape index (κ3) is 2.21. The first kappa shape index (κ1) is 12.6. The van der Waals surface area contributed by atoms with Crippen LogP contribution in [-0.4, -0.2) is 15.6 Å². The number of nitrogens with zero attached hydrogens (tertiary/aromatic N) is 1. The average Bonchev–Trinajstić information content (AvgIpc) is 2.75. The number of amides is 1. The highest BCUT2D eigenvalue weighted by molar-refractivity contribution is 7.71. The van der Waals surface area contributed by atoms with Gasteiger partial charge in [0.25, 0.3) is 5.91 Å². The minimum Gasteiger partial charge on any atom is -0.329 e. The van der Waals surface area contributed by atoms with Gasteiger partial charge in [-0.05, 0) is 42.5 Å². The number of aromatic nitrogens is 2. The van der Waals surface area contributed by atoms with Crippen LogP contribution in [0.15, 0.2) is 48.5 Å². The first-order valence-corrected chi connectivity index (χ1v) is 6.33. The van der Waals surface area contributed by atoms with Gasteiger partial charge < -0.3 is 4.98 Å². The number of hydrogen-bond acceptors (Lipinski definition) is 2. The normalized spacial score (nSPS) is 10.7. The molecule has 0 aliphatic carbocycles. The van der Waals surface area contributed by atoms with Crippen LogP contribution >= 0.6 is 12.2 Å². The number of imidazole rings is 1. The third-order valence-corrected chi connectivity index (χ3v) is 3.17. The predicted octanol–water partition coefficient (Wildman–Crippen LogP) is 3.22. The second-order valence-electron chi connectivity index (χ2n) is 4.23. The fourth-order valence-corrected chi connectivity index (χ4v) is 2.22. The van der Waals surface area contributed by atoms with Crippen LogP contribution in [0.1, 0.15) is 10.4 Å². The number of aromatic amines is 1. The van der Waals surface area contributed by atoms with Crippen LogP contribution in [0.25, 0.3) is 11.0 Å². The lowest BCUT2D eigenvalue weighted by Gasteiger charge is -2.07. The molecule has 1 aromatic heterocycles. The Morgan fingerprint density at radius 1 is 1.20 bits per heavy atom. The zero-order valence-corrected chi connectivity index (χ0v) is 11.1. The van der Waals surface area contributed by atoms with Gasteiger partial charge in [-0.15, -0.1) is 0 Å². The van der Waals surface area contributed by atoms with E-state index in [-0.39, 0.29) is 5.56 Å². The lowest BCUT2D eigenvalue weighted by atomic mass is 10.2. The molecule has 0 atom stereocenters. The quantitative estimate of drug-likeness (QED) is 0.711. The Kier molecular flexibility index (Phi) is 3.08. The average molecular weight is 287 g/mol. The van der Waals surface area contributed by atoms with Gasteiger partial charge in [-0.25, -0.2) is 9.07 Å². The van der Waals surface area contributed by atoms with E-state index >= 15 is 0 Å². The van der Waals surface area contributed by atoms with Gasteiger partial charge in [0.05, 0.1) is 11.0 Å². The van der Waals surface area contributed by atoms with E-state index in [0.717, 1.165) is 11.0 Å². The zero-order valence-electron chi connectivity index (χ0n) is 10.3. The van der Waals surface area contributed by atoms with E-state index in [9.17, 15) is 9.18 Å². The van der Waals surface area contributed by atoms with Crippen LogP contribution in [0.5, 0.6) is 0 Å². The lowest BCUT2D eigenvalue weighted by Crippen LogP contribution is -2.22. The Morgan fingerprint density at radius 2 is 2.00 bits per heavy atom. The summed E-state index contributed by atoms with van der Waals surface area (Å²) >= 11 is 5.17. The molecule has 0 bridgehead atoms. The second kappa shape index (κ2) is 4.90. The summed E-state index contributed by atoms with van der Waals surface area (Å²) in [7, 11) is 0. The van der Waals surface area contributed by atoms with Crippen molar-refractivity contribution in [3.05, 3.63) is 64.7 Å². The van der Waals surface area contributed by atoms with E-state index in [0.29, 0.717) is 4.77 Å². The van der Waals surface area contributed by atoms with Crippen LogP contribution < -0.4 is 5.43 Å². The fraction of sp³-hybridized carbons (Fsp3) is 0. The number of carbonyl (C=O) groups is 1. The maximum absolute atomic E-state index is 13.1. The van der Waals surface area contributed by atoms with Gasteiger partial charge in [-0.1, -0.05) is 18.2 Å². The Morgan fingerprint density at radius 3 is 2.80 bits per heavy atom. The van der Waals surface area contributed by atoms with Crippen molar-refractivity contribution in [1.29, 1.82) is 0 Å². The predicted molar refractivity (Wildman–Crippen MR) is 77.2 cm³/mol. The number of benzene rings is 2. The van der Waals surface area contributed by atoms with Gasteiger partial charge in [0.1, 0.15) is 5.82 Å². The summed E-state index contributed by atoms with van der Waals surface area (Å²) in [6, 6.07) is 12.9. The Balaban J connectivity index is 1.99. The summed E-state index contributed by atoms with van der Waals surface area (Å²) < 4.78 is 15.0. The molecule has 20 heavy (non-hydrogen) atoms. The topological polar surface area (TPSA) is 49.8 Å². The Bertz CT molecular complexity index is 853. The highest BCUT2D eigenvalue weighted by Gasteiger charge is 2.10. The highest BCUT2D eigenvalue weighted by atomic mass is 32.1. The number of halogens is 1. The number of H-pyrrole nitrogens is 1. The molecule has 0 aliphatic heterocycles. The maximum atomic E-state index is 13.1. The summed E-state index contributed by atoms with van der Waals surface area (Å²) in [5, 5.41) is 0. The van der Waals surface area contributed by atoms with Crippen molar-refractivity contribution in [2.75, 3.05) is 5.43 Å². The van der Waals surface area contributed by atoms with Gasteiger partial charge in [-0.2, -0.15) is 0 Å². The molecule has 1 heterocycles. The molecular weight excluding hydrogens is 277 g/mol. The first-order valence-electron chi connectivity index (χ1n) is 5.92. The van der Waals surface area contributed by atoms with E-state index in [1.165, 1.54) is 28.9 Å². The second-order valence-corrected chi connectivity index (χ2v) is 4.62. The number of hydrogen-bond donors (Lipinski definition) is 2. The molecule has 0 spiro atoms. The molecule has 0 saturated carbocycles. The Labute approximate surface area is 118 Å². The minimum absolute atomic E-state index is 0.234. The van der Waals surface area contributed by atoms with E-state index in [1.54, 1.807) is 0 Å². The minimum atomic E-state index is -0.458. The largest absolute Gasteiger partial charge is 0.329 e. The molecule has 0 saturated heterocycles. The monoisotopic (exact) mass is 287 g/mol. The summed E-state index contributed by atoms with van der Waals surface area (Å²) in [6.45, 7) is 0. The summed E-state index contributed by atoms with van der Waals surface area (Å²) in [6.07, 6.45) is 0. The molecule has 1 amide bonds. The van der Waals surface area contributed by atoms with Crippen LogP contribution in [0.3, 0.4) is 0 Å². The molecule has 100 valence electrons. The van der Waals surface area contributed by atoms with Crippen LogP contribution in [0, 0.1) is 10.6 Å². The lowest BCUT2D eigenvalue weighted by molar-refractivity contribution is 0.101. The van der Waals surface area contributed by atoms with Crippen LogP contribution in [-0.2, 0) is 0 Å². The maximum Gasteiger partial charge on any atom is 0.270 e. The molecule has 2 N–H and O–H groups in total. The highest BCUT2D eigenvalue weighted by Crippen LogP contribution is 2.12. The van der Waals surface area contributed by atoms with Gasteiger partial charge in [0.15, 0.2) is 4.77 Å². The molecule has 6 heteroatoms. The standard InChI is InChI=1S/C14H10FN3OS/c15-10-5-3-4-9(8-10)13(19)17-18-12-7-2-1-6-11(12)16-14(18)20/h1-8H,(H,16,20)(H,17,19). The molecular formula is C14H10FN3OS. The molecule has 0 aliphatic rings. The smallest absolute Gasteiger partial charge is 0.270 e. The van der Waals surface area contributed by atoms with E-state index in [1.807, 2.05) is 24.3 Å². The fourth-order valence-electron chi connectivity index (χ4n) is 1.96. The third-order valence-electron chi connectivity index (χ3n) is 2.89. The first-order chi connectivity index (χ1) is 9.65. The summed E-state index contributed by atoms with van der Waals surface area (Å²) in [5.74, 6) is -0.884. The Hall–Kier alpha value is -2.47. The molecule has 4 nitrogen and oxygen atoms in total. The van der Waals surface area contributed by atoms with Crippen molar-refractivity contribution < 1.29 is 9.18 Å². The summed E-state index contributed by atoms with van der Waals surface area (Å²) in [5.41, 5.74) is 4.45. The van der Waals surface area contributed by atoms with Gasteiger partial charge >= 0.3 is 0 Å². The van der Waals surface area contributed by atoms with Crippen molar-refractivity contribution in [1.82, 2.24) is 9.66 Å².